The van der Waals surface area contributed by atoms with Gasteiger partial charge in [-0.25, -0.2) is 0 Å². The van der Waals surface area contributed by atoms with Gasteiger partial charge in [-0.3, -0.25) is 9.69 Å². The van der Waals surface area contributed by atoms with Crippen molar-refractivity contribution in [2.45, 2.75) is 25.7 Å². The number of nitrogens with zero attached hydrogens (tertiary/aromatic N) is 1. The van der Waals surface area contributed by atoms with Crippen molar-refractivity contribution in [3.05, 3.63) is 29.3 Å². The van der Waals surface area contributed by atoms with Gasteiger partial charge in [0.2, 0.25) is 0 Å². The van der Waals surface area contributed by atoms with Crippen molar-refractivity contribution in [3.63, 3.8) is 0 Å². The average Bonchev–Trinajstić information content (AvgIpc) is 3.01. The Bertz CT molecular complexity index is 450. The molecule has 0 N–H and O–H groups in total. The van der Waals surface area contributed by atoms with Crippen LogP contribution in [0.15, 0.2) is 18.2 Å². The van der Waals surface area contributed by atoms with E-state index in [2.05, 4.69) is 4.90 Å². The fourth-order valence-electron chi connectivity index (χ4n) is 2.80. The highest BCUT2D eigenvalue weighted by Crippen LogP contribution is 2.26. The predicted molar refractivity (Wildman–Crippen MR) is 70.3 cm³/mol. The number of Topliss-reactive ketones (excluding diaryl/α,β-unsaturated/α-hetero) is 1. The summed E-state index contributed by atoms with van der Waals surface area (Å²) in [7, 11) is 0. The Kier molecular flexibility index (Phi) is 3.33. The molecule has 3 nitrogen and oxygen atoms in total. The molecule has 3 rings (SSSR count). The van der Waals surface area contributed by atoms with Crippen LogP contribution in [0.3, 0.4) is 0 Å². The van der Waals surface area contributed by atoms with Gasteiger partial charge in [-0.2, -0.15) is 0 Å². The average molecular weight is 245 g/mol. The van der Waals surface area contributed by atoms with Crippen LogP contribution in [-0.2, 0) is 6.42 Å². The number of hydrogen-bond acceptors (Lipinski definition) is 3. The zero-order valence-electron chi connectivity index (χ0n) is 10.7. The van der Waals surface area contributed by atoms with E-state index in [-0.39, 0.29) is 5.78 Å². The fourth-order valence-corrected chi connectivity index (χ4v) is 2.80. The number of ether oxygens (including phenoxy) is 1. The van der Waals surface area contributed by atoms with Gasteiger partial charge in [0.25, 0.3) is 0 Å². The Morgan fingerprint density at radius 2 is 2.00 bits per heavy atom. The highest BCUT2D eigenvalue weighted by molar-refractivity contribution is 6.00. The van der Waals surface area contributed by atoms with Gasteiger partial charge in [-0.1, -0.05) is 6.07 Å². The van der Waals surface area contributed by atoms with Crippen LogP contribution in [-0.4, -0.2) is 36.9 Å². The largest absolute Gasteiger partial charge is 0.492 e. The quantitative estimate of drug-likeness (QED) is 0.815. The lowest BCUT2D eigenvalue weighted by atomic mass is 10.1. The molecule has 0 saturated carbocycles. The van der Waals surface area contributed by atoms with Gasteiger partial charge < -0.3 is 4.74 Å². The van der Waals surface area contributed by atoms with Gasteiger partial charge >= 0.3 is 0 Å². The first kappa shape index (κ1) is 11.7. The highest BCUT2D eigenvalue weighted by Gasteiger charge is 2.19. The summed E-state index contributed by atoms with van der Waals surface area (Å²) in [6.45, 7) is 4.11. The van der Waals surface area contributed by atoms with E-state index in [0.29, 0.717) is 13.0 Å². The highest BCUT2D eigenvalue weighted by atomic mass is 16.5. The maximum absolute atomic E-state index is 11.6. The molecular formula is C15H19NO2. The predicted octanol–water partition coefficient (Wildman–Crippen LogP) is 2.29. The van der Waals surface area contributed by atoms with Crippen LogP contribution in [0.1, 0.15) is 35.2 Å². The molecule has 1 fully saturated rings. The minimum atomic E-state index is 0.259. The number of aryl methyl sites for hydroxylation is 1. The summed E-state index contributed by atoms with van der Waals surface area (Å²) in [5.74, 6) is 1.10. The number of carbonyl (C=O) groups is 1. The van der Waals surface area contributed by atoms with Gasteiger partial charge in [0.15, 0.2) is 5.78 Å². The third-order valence-electron chi connectivity index (χ3n) is 3.88. The summed E-state index contributed by atoms with van der Waals surface area (Å²) in [5.41, 5.74) is 2.04. The zero-order valence-corrected chi connectivity index (χ0v) is 10.7. The molecule has 1 heterocycles. The van der Waals surface area contributed by atoms with E-state index >= 15 is 0 Å². The fraction of sp³-hybridized carbons (Fsp3) is 0.533. The summed E-state index contributed by atoms with van der Waals surface area (Å²) in [4.78, 5) is 14.1. The van der Waals surface area contributed by atoms with E-state index in [1.165, 1.54) is 31.5 Å². The van der Waals surface area contributed by atoms with E-state index in [0.717, 1.165) is 24.3 Å². The van der Waals surface area contributed by atoms with Crippen molar-refractivity contribution in [2.24, 2.45) is 0 Å². The molecular weight excluding hydrogens is 226 g/mol. The molecule has 0 aromatic heterocycles. The summed E-state index contributed by atoms with van der Waals surface area (Å²) in [6, 6.07) is 5.93. The topological polar surface area (TPSA) is 29.5 Å². The molecule has 3 heteroatoms. The minimum absolute atomic E-state index is 0.259. The van der Waals surface area contributed by atoms with Crippen LogP contribution in [0.4, 0.5) is 0 Å². The monoisotopic (exact) mass is 245 g/mol. The molecule has 0 amide bonds. The first-order valence-corrected chi connectivity index (χ1v) is 6.84. The summed E-state index contributed by atoms with van der Waals surface area (Å²) >= 11 is 0. The van der Waals surface area contributed by atoms with Crippen LogP contribution in [0.25, 0.3) is 0 Å². The first-order valence-electron chi connectivity index (χ1n) is 6.84. The number of likely N-dealkylation sites (tertiary alicyclic amines) is 1. The number of fused-ring (bicyclic) bond motifs is 1. The number of benzene rings is 1. The van der Waals surface area contributed by atoms with E-state index in [1.54, 1.807) is 0 Å². The smallest absolute Gasteiger partial charge is 0.163 e. The molecule has 0 spiro atoms. The van der Waals surface area contributed by atoms with Gasteiger partial charge in [0.1, 0.15) is 12.4 Å². The van der Waals surface area contributed by atoms with Gasteiger partial charge in [-0.15, -0.1) is 0 Å². The Hall–Kier alpha value is -1.35. The lowest BCUT2D eigenvalue weighted by Crippen LogP contribution is -2.25. The SMILES string of the molecule is O=C1CCc2ccc(OCCN3CCCC3)cc21. The normalized spacial score (nSPS) is 19.2. The molecule has 2 aliphatic rings. The molecule has 1 aliphatic carbocycles. The Labute approximate surface area is 108 Å². The van der Waals surface area contributed by atoms with Crippen LogP contribution in [0, 0.1) is 0 Å². The molecule has 0 atom stereocenters. The zero-order chi connectivity index (χ0) is 12.4. The number of hydrogen-bond donors (Lipinski definition) is 0. The van der Waals surface area contributed by atoms with Gasteiger partial charge in [0, 0.05) is 18.5 Å². The Morgan fingerprint density at radius 1 is 1.17 bits per heavy atom. The van der Waals surface area contributed by atoms with Crippen molar-refractivity contribution in [1.29, 1.82) is 0 Å². The Morgan fingerprint density at radius 3 is 2.83 bits per heavy atom. The summed E-state index contributed by atoms with van der Waals surface area (Å²) in [6.07, 6.45) is 4.18. The molecule has 0 radical (unpaired) electrons. The van der Waals surface area contributed by atoms with Gasteiger partial charge in [-0.05, 0) is 50.0 Å². The summed E-state index contributed by atoms with van der Waals surface area (Å²) < 4.78 is 5.75. The Balaban J connectivity index is 1.56. The molecule has 18 heavy (non-hydrogen) atoms. The van der Waals surface area contributed by atoms with Crippen LogP contribution in [0.2, 0.25) is 0 Å². The van der Waals surface area contributed by atoms with E-state index in [4.69, 9.17) is 4.74 Å². The third-order valence-corrected chi connectivity index (χ3v) is 3.88. The molecule has 1 saturated heterocycles. The second kappa shape index (κ2) is 5.11. The molecule has 1 aromatic carbocycles. The van der Waals surface area contributed by atoms with Gasteiger partial charge in [0.05, 0.1) is 0 Å². The molecule has 0 bridgehead atoms. The van der Waals surface area contributed by atoms with Crippen molar-refractivity contribution in [1.82, 2.24) is 4.90 Å². The standard InChI is InChI=1S/C15H19NO2/c17-15-6-4-12-3-5-13(11-14(12)15)18-10-9-16-7-1-2-8-16/h3,5,11H,1-2,4,6-10H2. The molecule has 0 unspecified atom stereocenters. The van der Waals surface area contributed by atoms with Crippen LogP contribution >= 0.6 is 0 Å². The molecule has 1 aliphatic heterocycles. The molecule has 1 aromatic rings. The first-order chi connectivity index (χ1) is 8.83. The van der Waals surface area contributed by atoms with Crippen LogP contribution in [0.5, 0.6) is 5.75 Å². The van der Waals surface area contributed by atoms with Crippen LogP contribution < -0.4 is 4.74 Å². The van der Waals surface area contributed by atoms with E-state index < -0.39 is 0 Å². The second-order valence-corrected chi connectivity index (χ2v) is 5.14. The van der Waals surface area contributed by atoms with E-state index in [9.17, 15) is 4.79 Å². The lowest BCUT2D eigenvalue weighted by molar-refractivity contribution is 0.0994. The molecule has 96 valence electrons. The summed E-state index contributed by atoms with van der Waals surface area (Å²) in [5, 5.41) is 0. The van der Waals surface area contributed by atoms with E-state index in [1.807, 2.05) is 18.2 Å². The number of carbonyl (C=O) groups excluding carboxylic acids is 1. The number of rotatable bonds is 4. The van der Waals surface area contributed by atoms with Crippen molar-refractivity contribution in [2.75, 3.05) is 26.2 Å². The minimum Gasteiger partial charge on any atom is -0.492 e. The maximum atomic E-state index is 11.6. The second-order valence-electron chi connectivity index (χ2n) is 5.14. The maximum Gasteiger partial charge on any atom is 0.163 e. The van der Waals surface area contributed by atoms with Crippen molar-refractivity contribution >= 4 is 5.78 Å². The van der Waals surface area contributed by atoms with Crippen molar-refractivity contribution < 1.29 is 9.53 Å². The third kappa shape index (κ3) is 2.41. The lowest BCUT2D eigenvalue weighted by Gasteiger charge is -2.15. The van der Waals surface area contributed by atoms with Crippen molar-refractivity contribution in [3.8, 4) is 5.75 Å². The number of ketones is 1.